The maximum Gasteiger partial charge on any atom is 0.352 e. The number of nitrogens with one attached hydrogen (secondary N) is 1. The molecule has 3 amide bonds. The molecule has 0 aliphatic carbocycles. The second kappa shape index (κ2) is 9.92. The van der Waals surface area contributed by atoms with Crippen LogP contribution in [-0.2, 0) is 24.0 Å². The van der Waals surface area contributed by atoms with Gasteiger partial charge >= 0.3 is 5.97 Å². The number of nitrogens with two attached hydrogens (primary N) is 1. The van der Waals surface area contributed by atoms with Crippen molar-refractivity contribution >= 4 is 57.6 Å². The molecular weight excluding hydrogens is 496 g/mol. The van der Waals surface area contributed by atoms with E-state index in [1.165, 1.54) is 24.3 Å². The highest BCUT2D eigenvalue weighted by atomic mass is 32.2. The van der Waals surface area contributed by atoms with Crippen molar-refractivity contribution in [3.8, 4) is 0 Å². The van der Waals surface area contributed by atoms with Crippen LogP contribution in [0.2, 0.25) is 0 Å². The summed E-state index contributed by atoms with van der Waals surface area (Å²) in [5, 5.41) is 17.3. The lowest BCUT2D eigenvalue weighted by atomic mass is 10.0. The number of carboxylic acids is 1. The summed E-state index contributed by atoms with van der Waals surface area (Å²) in [4.78, 5) is 61.9. The number of fused-ring (bicyclic) bond motifs is 1. The van der Waals surface area contributed by atoms with Crippen molar-refractivity contribution in [1.82, 2.24) is 20.1 Å². The Morgan fingerprint density at radius 2 is 2.23 bits per heavy atom. The zero-order chi connectivity index (χ0) is 25.3. The van der Waals surface area contributed by atoms with E-state index >= 15 is 0 Å². The fourth-order valence-electron chi connectivity index (χ4n) is 4.00. The van der Waals surface area contributed by atoms with Crippen molar-refractivity contribution in [2.75, 3.05) is 31.7 Å². The molecule has 0 unspecified atom stereocenters. The molecule has 1 aromatic rings. The number of β-lactam (4-membered cyclic amide) rings is 1. The van der Waals surface area contributed by atoms with Crippen molar-refractivity contribution in [3.05, 3.63) is 46.6 Å². The van der Waals surface area contributed by atoms with Crippen molar-refractivity contribution in [1.29, 1.82) is 0 Å². The summed E-state index contributed by atoms with van der Waals surface area (Å²) >= 11 is 2.41. The van der Waals surface area contributed by atoms with Gasteiger partial charge in [-0.05, 0) is 18.1 Å². The topological polar surface area (TPSA) is 168 Å². The van der Waals surface area contributed by atoms with Gasteiger partial charge in [0.05, 0.1) is 0 Å². The fourth-order valence-corrected chi connectivity index (χ4v) is 5.85. The van der Waals surface area contributed by atoms with Crippen LogP contribution in [0.4, 0.5) is 5.13 Å². The molecule has 0 radical (unpaired) electrons. The number of carbonyl (C=O) groups excluding carboxylic acids is 3. The van der Waals surface area contributed by atoms with Gasteiger partial charge in [-0.3, -0.25) is 19.3 Å². The Kier molecular flexibility index (Phi) is 6.93. The Labute approximate surface area is 208 Å². The second-order valence-corrected chi connectivity index (χ2v) is 9.69. The van der Waals surface area contributed by atoms with Crippen LogP contribution >= 0.6 is 23.1 Å². The largest absolute Gasteiger partial charge is 0.477 e. The summed E-state index contributed by atoms with van der Waals surface area (Å²) < 4.78 is 0. The van der Waals surface area contributed by atoms with E-state index < -0.39 is 29.2 Å². The van der Waals surface area contributed by atoms with E-state index in [0.717, 1.165) is 16.2 Å². The van der Waals surface area contributed by atoms with Gasteiger partial charge in [-0.15, -0.1) is 29.7 Å². The van der Waals surface area contributed by atoms with Crippen molar-refractivity contribution in [2.24, 2.45) is 5.16 Å². The first-order chi connectivity index (χ1) is 16.8. The molecule has 0 saturated carbocycles. The molecule has 4 N–H and O–H groups in total. The number of carbonyl (C=O) groups is 4. The van der Waals surface area contributed by atoms with E-state index in [4.69, 9.17) is 10.6 Å². The Morgan fingerprint density at radius 1 is 1.46 bits per heavy atom. The van der Waals surface area contributed by atoms with Crippen LogP contribution in [0.15, 0.2) is 46.1 Å². The average molecular weight is 519 g/mol. The summed E-state index contributed by atoms with van der Waals surface area (Å²) in [7, 11) is 1.27. The standard InChI is InChI=1S/C21H22N6O6S2/c1-3-5-26-6-4-10(17(26)29)7-11-8-34-19-14(18(30)27(19)15(11)20(31)32)24-16(28)13(25-33-2)12-9-35-21(22)23-12/h3,7,9,14,19H,1,4-6,8H2,2H3,(H2,22,23)(H,24,28)(H,31,32)/b10-7?,25-13-/t14-,19-/m1/s1. The van der Waals surface area contributed by atoms with Crippen LogP contribution < -0.4 is 11.1 Å². The number of thiazole rings is 1. The molecule has 3 aliphatic heterocycles. The van der Waals surface area contributed by atoms with Gasteiger partial charge < -0.3 is 25.9 Å². The number of thioether (sulfide) groups is 1. The number of allylic oxidation sites excluding steroid dienone is 1. The molecule has 12 nitrogen and oxygen atoms in total. The monoisotopic (exact) mass is 518 g/mol. The number of oxime groups is 1. The number of aliphatic carboxylic acids is 1. The van der Waals surface area contributed by atoms with E-state index in [9.17, 15) is 24.3 Å². The first kappa shape index (κ1) is 24.5. The fraction of sp³-hybridized carbons (Fsp3) is 0.333. The number of aromatic nitrogens is 1. The van der Waals surface area contributed by atoms with Crippen LogP contribution in [0, 0.1) is 0 Å². The SMILES string of the molecule is C=CCN1CCC(=CC2=C(C(=O)O)N3C(=O)[C@@H](NC(=O)/C(=N\OC)c4csc(N)n4)[C@H]3SC2)C1=O. The summed E-state index contributed by atoms with van der Waals surface area (Å²) in [6, 6.07) is -0.967. The lowest BCUT2D eigenvalue weighted by Crippen LogP contribution is -2.71. The highest BCUT2D eigenvalue weighted by molar-refractivity contribution is 8.00. The van der Waals surface area contributed by atoms with Crippen LogP contribution in [0.25, 0.3) is 0 Å². The van der Waals surface area contributed by atoms with Gasteiger partial charge in [0.15, 0.2) is 10.8 Å². The smallest absolute Gasteiger partial charge is 0.352 e. The molecule has 0 bridgehead atoms. The molecule has 3 aliphatic rings. The van der Waals surface area contributed by atoms with Gasteiger partial charge in [0.25, 0.3) is 11.8 Å². The quantitative estimate of drug-likeness (QED) is 0.143. The molecule has 1 aromatic heterocycles. The third-order valence-electron chi connectivity index (χ3n) is 5.56. The van der Waals surface area contributed by atoms with Crippen LogP contribution in [0.5, 0.6) is 0 Å². The van der Waals surface area contributed by atoms with Crippen LogP contribution in [0.3, 0.4) is 0 Å². The van der Waals surface area contributed by atoms with Crippen molar-refractivity contribution < 1.29 is 29.1 Å². The lowest BCUT2D eigenvalue weighted by Gasteiger charge is -2.49. The minimum absolute atomic E-state index is 0.157. The highest BCUT2D eigenvalue weighted by Crippen LogP contribution is 2.41. The molecule has 35 heavy (non-hydrogen) atoms. The summed E-state index contributed by atoms with van der Waals surface area (Å²) in [6.07, 6.45) is 3.67. The normalized spacial score (nSPS) is 23.3. The van der Waals surface area contributed by atoms with Gasteiger partial charge in [0.2, 0.25) is 5.91 Å². The maximum absolute atomic E-state index is 12.9. The predicted molar refractivity (Wildman–Crippen MR) is 129 cm³/mol. The summed E-state index contributed by atoms with van der Waals surface area (Å²) in [5.41, 5.74) is 6.34. The number of hydrogen-bond acceptors (Lipinski definition) is 10. The van der Waals surface area contributed by atoms with Gasteiger partial charge in [-0.25, -0.2) is 9.78 Å². The Morgan fingerprint density at radius 3 is 2.86 bits per heavy atom. The molecule has 2 saturated heterocycles. The van der Waals surface area contributed by atoms with E-state index in [2.05, 4.69) is 22.0 Å². The molecule has 14 heteroatoms. The molecule has 4 heterocycles. The van der Waals surface area contributed by atoms with Crippen LogP contribution in [-0.4, -0.2) is 86.7 Å². The first-order valence-corrected chi connectivity index (χ1v) is 12.3. The van der Waals surface area contributed by atoms with Gasteiger partial charge in [-0.1, -0.05) is 11.2 Å². The minimum Gasteiger partial charge on any atom is -0.477 e. The molecule has 0 spiro atoms. The number of hydrogen-bond donors (Lipinski definition) is 3. The number of carboxylic acid groups (broad SMARTS) is 1. The van der Waals surface area contributed by atoms with Gasteiger partial charge in [-0.2, -0.15) is 0 Å². The highest BCUT2D eigenvalue weighted by Gasteiger charge is 2.54. The number of rotatable bonds is 8. The van der Waals surface area contributed by atoms with Crippen LogP contribution in [0.1, 0.15) is 12.1 Å². The molecule has 2 atom stereocenters. The molecule has 184 valence electrons. The van der Waals surface area contributed by atoms with Crippen molar-refractivity contribution in [2.45, 2.75) is 17.8 Å². The van der Waals surface area contributed by atoms with Gasteiger partial charge in [0, 0.05) is 29.8 Å². The Bertz CT molecular complexity index is 1200. The van der Waals surface area contributed by atoms with E-state index in [0.29, 0.717) is 30.7 Å². The minimum atomic E-state index is -1.28. The molecule has 0 aromatic carbocycles. The van der Waals surface area contributed by atoms with E-state index in [1.807, 2.05) is 0 Å². The zero-order valence-corrected chi connectivity index (χ0v) is 20.2. The number of nitrogens with zero attached hydrogens (tertiary/aromatic N) is 4. The third-order valence-corrected chi connectivity index (χ3v) is 7.54. The Hall–Kier alpha value is -3.65. The number of likely N-dealkylation sites (tertiary alicyclic amines) is 1. The lowest BCUT2D eigenvalue weighted by molar-refractivity contribution is -0.150. The molecular formula is C21H22N6O6S2. The molecule has 4 rings (SSSR count). The van der Waals surface area contributed by atoms with Crippen molar-refractivity contribution in [3.63, 3.8) is 0 Å². The number of amides is 3. The third kappa shape index (κ3) is 4.53. The number of anilines is 1. The van der Waals surface area contributed by atoms with Gasteiger partial charge in [0.1, 0.15) is 29.9 Å². The molecule has 2 fully saturated rings. The first-order valence-electron chi connectivity index (χ1n) is 10.4. The predicted octanol–water partition coefficient (Wildman–Crippen LogP) is 0.159. The Balaban J connectivity index is 1.54. The summed E-state index contributed by atoms with van der Waals surface area (Å²) in [5.74, 6) is -2.49. The zero-order valence-electron chi connectivity index (χ0n) is 18.6. The maximum atomic E-state index is 12.9. The number of nitrogen functional groups attached to an aromatic ring is 1. The summed E-state index contributed by atoms with van der Waals surface area (Å²) in [6.45, 7) is 4.57. The van der Waals surface area contributed by atoms with E-state index in [-0.39, 0.29) is 33.9 Å². The van der Waals surface area contributed by atoms with E-state index in [1.54, 1.807) is 17.1 Å². The second-order valence-electron chi connectivity index (χ2n) is 7.69. The average Bonchev–Trinajstić information content (AvgIpc) is 3.41.